The summed E-state index contributed by atoms with van der Waals surface area (Å²) in [4.78, 5) is 13.3. The van der Waals surface area contributed by atoms with E-state index in [9.17, 15) is 18.0 Å². The van der Waals surface area contributed by atoms with Crippen LogP contribution in [0.1, 0.15) is 38.7 Å². The van der Waals surface area contributed by atoms with E-state index >= 15 is 0 Å². The van der Waals surface area contributed by atoms with E-state index < -0.39 is 35.1 Å². The molecule has 0 aromatic heterocycles. The van der Waals surface area contributed by atoms with E-state index in [0.717, 1.165) is 6.07 Å². The first kappa shape index (κ1) is 16.4. The number of hydrogen-bond acceptors (Lipinski definition) is 2. The lowest BCUT2D eigenvalue weighted by Gasteiger charge is -2.29. The van der Waals surface area contributed by atoms with Crippen LogP contribution in [0, 0.1) is 17.5 Å². The highest BCUT2D eigenvalue weighted by Gasteiger charge is 2.26. The van der Waals surface area contributed by atoms with Crippen LogP contribution in [0.2, 0.25) is 0 Å². The van der Waals surface area contributed by atoms with Gasteiger partial charge in [-0.2, -0.15) is 0 Å². The molecule has 1 aliphatic rings. The van der Waals surface area contributed by atoms with E-state index in [1.807, 2.05) is 0 Å². The lowest BCUT2D eigenvalue weighted by Crippen LogP contribution is -2.36. The first-order valence-corrected chi connectivity index (χ1v) is 7.00. The molecule has 1 atom stereocenters. The molecule has 0 fully saturated rings. The lowest BCUT2D eigenvalue weighted by atomic mass is 9.93. The summed E-state index contributed by atoms with van der Waals surface area (Å²) in [6.45, 7) is 5.60. The predicted molar refractivity (Wildman–Crippen MR) is 75.8 cm³/mol. The Morgan fingerprint density at radius 2 is 1.91 bits per heavy atom. The number of halogens is 3. The van der Waals surface area contributed by atoms with Gasteiger partial charge in [0.15, 0.2) is 17.5 Å². The van der Waals surface area contributed by atoms with E-state index in [1.54, 1.807) is 26.8 Å². The van der Waals surface area contributed by atoms with Crippen LogP contribution in [-0.2, 0) is 4.74 Å². The number of allylic oxidation sites excluding steroid dienone is 1. The molecule has 0 spiro atoms. The van der Waals surface area contributed by atoms with Crippen molar-refractivity contribution in [2.24, 2.45) is 0 Å². The monoisotopic (exact) mass is 313 g/mol. The Morgan fingerprint density at radius 1 is 1.23 bits per heavy atom. The summed E-state index contributed by atoms with van der Waals surface area (Å²) in [6, 6.07) is 2.13. The molecule has 1 heterocycles. The molecule has 120 valence electrons. The fraction of sp³-hybridized carbons (Fsp3) is 0.438. The zero-order valence-corrected chi connectivity index (χ0v) is 12.7. The third kappa shape index (κ3) is 3.61. The average molecular weight is 313 g/mol. The maximum absolute atomic E-state index is 13.8. The molecule has 0 aliphatic carbocycles. The molecular formula is C16H18F3NO2. The van der Waals surface area contributed by atoms with Crippen molar-refractivity contribution in [3.8, 4) is 0 Å². The van der Waals surface area contributed by atoms with Crippen LogP contribution >= 0.6 is 0 Å². The molecule has 0 saturated carbocycles. The van der Waals surface area contributed by atoms with E-state index in [-0.39, 0.29) is 5.56 Å². The van der Waals surface area contributed by atoms with Crippen LogP contribution in [0.4, 0.5) is 18.0 Å². The number of amides is 1. The van der Waals surface area contributed by atoms with Crippen molar-refractivity contribution in [2.45, 2.75) is 38.7 Å². The summed E-state index contributed by atoms with van der Waals surface area (Å²) in [5.74, 6) is -4.27. The second-order valence-electron chi connectivity index (χ2n) is 6.18. The second-order valence-corrected chi connectivity index (χ2v) is 6.18. The van der Waals surface area contributed by atoms with Crippen LogP contribution in [0.25, 0.3) is 0 Å². The molecule has 2 rings (SSSR count). The summed E-state index contributed by atoms with van der Waals surface area (Å²) in [5, 5.41) is 0. The Labute approximate surface area is 127 Å². The second kappa shape index (κ2) is 6.02. The van der Waals surface area contributed by atoms with E-state index in [0.29, 0.717) is 13.0 Å². The van der Waals surface area contributed by atoms with Crippen molar-refractivity contribution in [1.82, 2.24) is 4.90 Å². The molecule has 0 unspecified atom stereocenters. The summed E-state index contributed by atoms with van der Waals surface area (Å²) >= 11 is 0. The van der Waals surface area contributed by atoms with Crippen molar-refractivity contribution >= 4 is 6.09 Å². The van der Waals surface area contributed by atoms with Gasteiger partial charge in [0.1, 0.15) is 5.60 Å². The number of benzene rings is 1. The number of ether oxygens (including phenoxy) is 1. The number of hydrogen-bond donors (Lipinski definition) is 0. The number of carbonyl (C=O) groups excluding carboxylic acids is 1. The van der Waals surface area contributed by atoms with E-state index in [1.165, 1.54) is 17.2 Å². The Balaban J connectivity index is 2.12. The smallest absolute Gasteiger partial charge is 0.414 e. The van der Waals surface area contributed by atoms with Crippen molar-refractivity contribution < 1.29 is 22.7 Å². The fourth-order valence-corrected chi connectivity index (χ4v) is 2.22. The molecule has 1 aromatic carbocycles. The molecule has 1 aromatic rings. The molecule has 0 radical (unpaired) electrons. The third-order valence-electron chi connectivity index (χ3n) is 3.27. The van der Waals surface area contributed by atoms with Crippen molar-refractivity contribution in [1.29, 1.82) is 0 Å². The Hall–Kier alpha value is -1.98. The van der Waals surface area contributed by atoms with Gasteiger partial charge in [0.05, 0.1) is 0 Å². The van der Waals surface area contributed by atoms with Gasteiger partial charge in [-0.3, -0.25) is 4.90 Å². The lowest BCUT2D eigenvalue weighted by molar-refractivity contribution is 0.0324. The Kier molecular flexibility index (Phi) is 4.49. The van der Waals surface area contributed by atoms with Crippen LogP contribution < -0.4 is 0 Å². The van der Waals surface area contributed by atoms with Gasteiger partial charge in [0.25, 0.3) is 0 Å². The van der Waals surface area contributed by atoms with Crippen LogP contribution in [0.15, 0.2) is 24.4 Å². The molecule has 1 amide bonds. The third-order valence-corrected chi connectivity index (χ3v) is 3.27. The summed E-state index contributed by atoms with van der Waals surface area (Å²) in [6.07, 6.45) is 2.98. The fourth-order valence-electron chi connectivity index (χ4n) is 2.22. The molecule has 0 saturated heterocycles. The minimum atomic E-state index is -1.47. The zero-order chi connectivity index (χ0) is 16.5. The maximum atomic E-state index is 13.8. The van der Waals surface area contributed by atoms with Gasteiger partial charge in [-0.05, 0) is 38.8 Å². The van der Waals surface area contributed by atoms with Gasteiger partial charge in [-0.25, -0.2) is 18.0 Å². The van der Waals surface area contributed by atoms with Crippen LogP contribution in [0.3, 0.4) is 0 Å². The molecule has 6 heteroatoms. The largest absolute Gasteiger partial charge is 0.443 e. The SMILES string of the molecule is CC(C)(C)OC(=O)N1C=C[C@@H](c2ccc(F)c(F)c2F)CC1. The first-order chi connectivity index (χ1) is 10.2. The normalized spacial score (nSPS) is 18.5. The van der Waals surface area contributed by atoms with Crippen LogP contribution in [0.5, 0.6) is 0 Å². The predicted octanol–water partition coefficient (Wildman–Crippen LogP) is 4.34. The maximum Gasteiger partial charge on any atom is 0.414 e. The summed E-state index contributed by atoms with van der Waals surface area (Å²) < 4.78 is 45.2. The standard InChI is InChI=1S/C16H18F3NO2/c1-16(2,3)22-15(21)20-8-6-10(7-9-20)11-4-5-12(17)14(19)13(11)18/h4-6,8,10H,7,9H2,1-3H3/t10-/m1/s1. The van der Waals surface area contributed by atoms with E-state index in [2.05, 4.69) is 0 Å². The van der Waals surface area contributed by atoms with Gasteiger partial charge in [-0.15, -0.1) is 0 Å². The van der Waals surface area contributed by atoms with Crippen molar-refractivity contribution in [3.63, 3.8) is 0 Å². The summed E-state index contributed by atoms with van der Waals surface area (Å²) in [7, 11) is 0. The molecule has 0 bridgehead atoms. The molecular weight excluding hydrogens is 295 g/mol. The highest BCUT2D eigenvalue weighted by molar-refractivity contribution is 5.69. The van der Waals surface area contributed by atoms with Gasteiger partial charge >= 0.3 is 6.09 Å². The van der Waals surface area contributed by atoms with Crippen LogP contribution in [-0.4, -0.2) is 23.1 Å². The highest BCUT2D eigenvalue weighted by Crippen LogP contribution is 2.29. The van der Waals surface area contributed by atoms with Crippen molar-refractivity contribution in [3.05, 3.63) is 47.4 Å². The molecule has 1 aliphatic heterocycles. The molecule has 3 nitrogen and oxygen atoms in total. The van der Waals surface area contributed by atoms with Gasteiger partial charge in [0.2, 0.25) is 0 Å². The number of carbonyl (C=O) groups is 1. The van der Waals surface area contributed by atoms with Gasteiger partial charge in [0, 0.05) is 18.7 Å². The van der Waals surface area contributed by atoms with Crippen molar-refractivity contribution in [2.75, 3.05) is 6.54 Å². The average Bonchev–Trinajstić information content (AvgIpc) is 2.43. The summed E-state index contributed by atoms with van der Waals surface area (Å²) in [5.41, 5.74) is -0.521. The highest BCUT2D eigenvalue weighted by atomic mass is 19.2. The Bertz CT molecular complexity index is 608. The van der Waals surface area contributed by atoms with Gasteiger partial charge in [-0.1, -0.05) is 12.1 Å². The molecule has 0 N–H and O–H groups in total. The Morgan fingerprint density at radius 3 is 2.45 bits per heavy atom. The first-order valence-electron chi connectivity index (χ1n) is 7.00. The quantitative estimate of drug-likeness (QED) is 0.722. The van der Waals surface area contributed by atoms with Gasteiger partial charge < -0.3 is 4.74 Å². The number of rotatable bonds is 1. The topological polar surface area (TPSA) is 29.5 Å². The number of nitrogens with zero attached hydrogens (tertiary/aromatic N) is 1. The zero-order valence-electron chi connectivity index (χ0n) is 12.7. The minimum absolute atomic E-state index is 0.0824. The minimum Gasteiger partial charge on any atom is -0.443 e. The van der Waals surface area contributed by atoms with E-state index in [4.69, 9.17) is 4.74 Å². The molecule has 22 heavy (non-hydrogen) atoms.